The lowest BCUT2D eigenvalue weighted by Crippen LogP contribution is -2.38. The molecular formula is C16H26ClNO3. The van der Waals surface area contributed by atoms with Crippen LogP contribution in [-0.4, -0.2) is 37.5 Å². The van der Waals surface area contributed by atoms with Crippen LogP contribution in [-0.2, 0) is 0 Å². The first-order valence-electron chi connectivity index (χ1n) is 7.47. The molecule has 0 spiro atoms. The highest BCUT2D eigenvalue weighted by Crippen LogP contribution is 2.25. The summed E-state index contributed by atoms with van der Waals surface area (Å²) in [5.41, 5.74) is 0. The molecule has 2 N–H and O–H groups in total. The summed E-state index contributed by atoms with van der Waals surface area (Å²) in [6, 6.07) is 8.05. The van der Waals surface area contributed by atoms with Crippen molar-refractivity contribution in [3.8, 4) is 11.5 Å². The van der Waals surface area contributed by atoms with Gasteiger partial charge >= 0.3 is 0 Å². The van der Waals surface area contributed by atoms with Gasteiger partial charge in [-0.1, -0.05) is 31.4 Å². The summed E-state index contributed by atoms with van der Waals surface area (Å²) in [6.07, 6.45) is 5.89. The van der Waals surface area contributed by atoms with E-state index in [-0.39, 0.29) is 19.0 Å². The highest BCUT2D eigenvalue weighted by atomic mass is 35.5. The number of halogens is 1. The Hall–Kier alpha value is -0.970. The normalized spacial score (nSPS) is 16.9. The van der Waals surface area contributed by atoms with Crippen molar-refractivity contribution in [2.75, 3.05) is 20.3 Å². The second-order valence-electron chi connectivity index (χ2n) is 5.36. The lowest BCUT2D eigenvalue weighted by atomic mass is 9.95. The molecule has 0 aromatic heterocycles. The van der Waals surface area contributed by atoms with Crippen molar-refractivity contribution in [1.29, 1.82) is 0 Å². The van der Waals surface area contributed by atoms with Crippen LogP contribution in [0.25, 0.3) is 0 Å². The van der Waals surface area contributed by atoms with Crippen LogP contribution >= 0.6 is 12.4 Å². The van der Waals surface area contributed by atoms with Gasteiger partial charge in [0, 0.05) is 12.6 Å². The lowest BCUT2D eigenvalue weighted by molar-refractivity contribution is 0.100. The van der Waals surface area contributed by atoms with Gasteiger partial charge in [0.1, 0.15) is 12.7 Å². The van der Waals surface area contributed by atoms with Gasteiger partial charge < -0.3 is 19.9 Å². The quantitative estimate of drug-likeness (QED) is 0.812. The topological polar surface area (TPSA) is 50.7 Å². The van der Waals surface area contributed by atoms with Gasteiger partial charge in [-0.2, -0.15) is 0 Å². The van der Waals surface area contributed by atoms with E-state index in [1.54, 1.807) is 7.11 Å². The second-order valence-corrected chi connectivity index (χ2v) is 5.36. The van der Waals surface area contributed by atoms with Gasteiger partial charge in [-0.15, -0.1) is 12.4 Å². The molecule has 0 radical (unpaired) electrons. The van der Waals surface area contributed by atoms with Crippen LogP contribution in [0.2, 0.25) is 0 Å². The summed E-state index contributed by atoms with van der Waals surface area (Å²) in [4.78, 5) is 0. The largest absolute Gasteiger partial charge is 0.493 e. The Morgan fingerprint density at radius 1 is 1.19 bits per heavy atom. The van der Waals surface area contributed by atoms with Gasteiger partial charge in [-0.3, -0.25) is 0 Å². The molecule has 1 atom stereocenters. The van der Waals surface area contributed by atoms with E-state index >= 15 is 0 Å². The van der Waals surface area contributed by atoms with Crippen LogP contribution in [0.3, 0.4) is 0 Å². The smallest absolute Gasteiger partial charge is 0.161 e. The molecule has 4 nitrogen and oxygen atoms in total. The summed E-state index contributed by atoms with van der Waals surface area (Å²) >= 11 is 0. The maximum absolute atomic E-state index is 9.98. The molecule has 2 rings (SSSR count). The summed E-state index contributed by atoms with van der Waals surface area (Å²) in [6.45, 7) is 0.861. The zero-order valence-electron chi connectivity index (χ0n) is 12.6. The standard InChI is InChI=1S/C16H25NO3.ClH/c1-19-15-9-5-6-10-16(15)20-12-14(18)11-17-13-7-3-2-4-8-13;/h5-6,9-10,13-14,17-18H,2-4,7-8,11-12H2,1H3;1H. The molecule has 5 heteroatoms. The van der Waals surface area contributed by atoms with Crippen molar-refractivity contribution in [2.45, 2.75) is 44.2 Å². The van der Waals surface area contributed by atoms with Gasteiger partial charge in [0.25, 0.3) is 0 Å². The molecule has 1 aromatic carbocycles. The van der Waals surface area contributed by atoms with Crippen molar-refractivity contribution in [2.24, 2.45) is 0 Å². The summed E-state index contributed by atoms with van der Waals surface area (Å²) < 4.78 is 10.8. The molecule has 1 aliphatic rings. The Kier molecular flexibility index (Phi) is 8.50. The number of methoxy groups -OCH3 is 1. The Labute approximate surface area is 133 Å². The van der Waals surface area contributed by atoms with E-state index in [0.29, 0.717) is 24.1 Å². The van der Waals surface area contributed by atoms with Gasteiger partial charge in [-0.05, 0) is 25.0 Å². The minimum Gasteiger partial charge on any atom is -0.493 e. The van der Waals surface area contributed by atoms with Crippen molar-refractivity contribution in [3.63, 3.8) is 0 Å². The van der Waals surface area contributed by atoms with Gasteiger partial charge in [0.2, 0.25) is 0 Å². The van der Waals surface area contributed by atoms with Crippen LogP contribution in [0, 0.1) is 0 Å². The van der Waals surface area contributed by atoms with Crippen molar-refractivity contribution >= 4 is 12.4 Å². The van der Waals surface area contributed by atoms with E-state index in [1.165, 1.54) is 32.1 Å². The van der Waals surface area contributed by atoms with E-state index in [4.69, 9.17) is 9.47 Å². The molecule has 0 amide bonds. The molecular weight excluding hydrogens is 290 g/mol. The molecule has 120 valence electrons. The molecule has 1 aliphatic carbocycles. The molecule has 0 saturated heterocycles. The highest BCUT2D eigenvalue weighted by Gasteiger charge is 2.15. The molecule has 0 aliphatic heterocycles. The molecule has 1 fully saturated rings. The number of benzene rings is 1. The fourth-order valence-corrected chi connectivity index (χ4v) is 2.59. The third-order valence-electron chi connectivity index (χ3n) is 3.75. The number of rotatable bonds is 7. The van der Waals surface area contributed by atoms with E-state index in [9.17, 15) is 5.11 Å². The third-order valence-corrected chi connectivity index (χ3v) is 3.75. The molecule has 0 heterocycles. The average Bonchev–Trinajstić information content (AvgIpc) is 2.52. The summed E-state index contributed by atoms with van der Waals surface area (Å²) in [7, 11) is 1.61. The Bertz CT molecular complexity index is 397. The van der Waals surface area contributed by atoms with Crippen molar-refractivity contribution in [1.82, 2.24) is 5.32 Å². The van der Waals surface area contributed by atoms with Crippen LogP contribution < -0.4 is 14.8 Å². The maximum Gasteiger partial charge on any atom is 0.161 e. The van der Waals surface area contributed by atoms with Crippen LogP contribution in [0.4, 0.5) is 0 Å². The van der Waals surface area contributed by atoms with E-state index < -0.39 is 6.10 Å². The minimum atomic E-state index is -0.498. The Balaban J connectivity index is 0.00000220. The highest BCUT2D eigenvalue weighted by molar-refractivity contribution is 5.85. The van der Waals surface area contributed by atoms with E-state index in [2.05, 4.69) is 5.32 Å². The number of ether oxygens (including phenoxy) is 2. The predicted molar refractivity (Wildman–Crippen MR) is 86.6 cm³/mol. The van der Waals surface area contributed by atoms with Crippen molar-refractivity contribution < 1.29 is 14.6 Å². The van der Waals surface area contributed by atoms with Gasteiger partial charge in [0.15, 0.2) is 11.5 Å². The second kappa shape index (κ2) is 9.87. The fourth-order valence-electron chi connectivity index (χ4n) is 2.59. The molecule has 0 bridgehead atoms. The Morgan fingerprint density at radius 2 is 1.86 bits per heavy atom. The van der Waals surface area contributed by atoms with E-state index in [1.807, 2.05) is 24.3 Å². The maximum atomic E-state index is 9.98. The molecule has 21 heavy (non-hydrogen) atoms. The predicted octanol–water partition coefficient (Wildman–Crippen LogP) is 2.78. The fraction of sp³-hybridized carbons (Fsp3) is 0.625. The molecule has 1 aromatic rings. The summed E-state index contributed by atoms with van der Waals surface area (Å²) in [5, 5.41) is 13.4. The first-order chi connectivity index (χ1) is 9.79. The number of hydrogen-bond donors (Lipinski definition) is 2. The number of nitrogens with one attached hydrogen (secondary N) is 1. The SMILES string of the molecule is COc1ccccc1OCC(O)CNC1CCCCC1.Cl. The van der Waals surface area contributed by atoms with Gasteiger partial charge in [0.05, 0.1) is 7.11 Å². The minimum absolute atomic E-state index is 0. The van der Waals surface area contributed by atoms with Crippen LogP contribution in [0.1, 0.15) is 32.1 Å². The third kappa shape index (κ3) is 6.12. The molecule has 1 unspecified atom stereocenters. The zero-order chi connectivity index (χ0) is 14.2. The molecule has 1 saturated carbocycles. The van der Waals surface area contributed by atoms with E-state index in [0.717, 1.165) is 0 Å². The van der Waals surface area contributed by atoms with Crippen molar-refractivity contribution in [3.05, 3.63) is 24.3 Å². The zero-order valence-corrected chi connectivity index (χ0v) is 13.4. The number of para-hydroxylation sites is 2. The average molecular weight is 316 g/mol. The summed E-state index contributed by atoms with van der Waals surface area (Å²) in [5.74, 6) is 1.37. The Morgan fingerprint density at radius 3 is 2.52 bits per heavy atom. The van der Waals surface area contributed by atoms with Crippen LogP contribution in [0.15, 0.2) is 24.3 Å². The van der Waals surface area contributed by atoms with Gasteiger partial charge in [-0.25, -0.2) is 0 Å². The lowest BCUT2D eigenvalue weighted by Gasteiger charge is -2.24. The van der Waals surface area contributed by atoms with Crippen LogP contribution in [0.5, 0.6) is 11.5 Å². The monoisotopic (exact) mass is 315 g/mol. The number of hydrogen-bond acceptors (Lipinski definition) is 4. The number of aliphatic hydroxyl groups is 1. The number of aliphatic hydroxyl groups excluding tert-OH is 1. The first-order valence-corrected chi connectivity index (χ1v) is 7.47. The first kappa shape index (κ1) is 18.1.